The quantitative estimate of drug-likeness (QED) is 0.643. The van der Waals surface area contributed by atoms with E-state index in [0.717, 1.165) is 0 Å². The molecule has 8 heteroatoms. The summed E-state index contributed by atoms with van der Waals surface area (Å²) in [6.07, 6.45) is -4.45. The van der Waals surface area contributed by atoms with Gasteiger partial charge in [-0.15, -0.1) is 0 Å². The number of nitrogen functional groups attached to an aromatic ring is 1. The standard InChI is InChI=1S/C10H14ClF3N4/c1-6-7(15)8(18-9(11)17-6)16-5-3-2-4-10(12,13)14/h2-5,15H2,1H3,(H,16,17,18). The van der Waals surface area contributed by atoms with Gasteiger partial charge in [-0.2, -0.15) is 18.2 Å². The van der Waals surface area contributed by atoms with Gasteiger partial charge in [-0.25, -0.2) is 4.98 Å². The van der Waals surface area contributed by atoms with Gasteiger partial charge in [0.05, 0.1) is 11.4 Å². The van der Waals surface area contributed by atoms with Crippen molar-refractivity contribution in [2.75, 3.05) is 17.6 Å². The number of nitrogens with zero attached hydrogens (tertiary/aromatic N) is 2. The van der Waals surface area contributed by atoms with Crippen LogP contribution in [0.4, 0.5) is 24.7 Å². The third-order valence-corrected chi connectivity index (χ3v) is 2.46. The normalized spacial score (nSPS) is 11.6. The molecule has 0 aromatic carbocycles. The number of rotatable bonds is 5. The Morgan fingerprint density at radius 3 is 2.56 bits per heavy atom. The van der Waals surface area contributed by atoms with Gasteiger partial charge in [0.2, 0.25) is 5.28 Å². The average molecular weight is 283 g/mol. The summed E-state index contributed by atoms with van der Waals surface area (Å²) in [5.41, 5.74) is 6.60. The minimum Gasteiger partial charge on any atom is -0.394 e. The van der Waals surface area contributed by atoms with Crippen molar-refractivity contribution in [3.05, 3.63) is 11.0 Å². The highest BCUT2D eigenvalue weighted by atomic mass is 35.5. The molecule has 0 aliphatic carbocycles. The number of anilines is 2. The van der Waals surface area contributed by atoms with Gasteiger partial charge in [0.1, 0.15) is 0 Å². The largest absolute Gasteiger partial charge is 0.394 e. The lowest BCUT2D eigenvalue weighted by atomic mass is 10.2. The lowest BCUT2D eigenvalue weighted by molar-refractivity contribution is -0.135. The zero-order valence-electron chi connectivity index (χ0n) is 9.81. The smallest absolute Gasteiger partial charge is 0.389 e. The van der Waals surface area contributed by atoms with Crippen LogP contribution in [0.25, 0.3) is 0 Å². The molecule has 1 heterocycles. The molecule has 0 unspecified atom stereocenters. The first-order valence-electron chi connectivity index (χ1n) is 5.40. The molecule has 0 saturated heterocycles. The van der Waals surface area contributed by atoms with Crippen LogP contribution in [0, 0.1) is 6.92 Å². The molecule has 4 nitrogen and oxygen atoms in total. The Balaban J connectivity index is 2.40. The van der Waals surface area contributed by atoms with Crippen LogP contribution >= 0.6 is 11.6 Å². The molecule has 18 heavy (non-hydrogen) atoms. The Morgan fingerprint density at radius 2 is 1.94 bits per heavy atom. The molecule has 102 valence electrons. The monoisotopic (exact) mass is 282 g/mol. The van der Waals surface area contributed by atoms with Crippen molar-refractivity contribution in [2.45, 2.75) is 32.4 Å². The van der Waals surface area contributed by atoms with Gasteiger partial charge in [0.25, 0.3) is 0 Å². The lowest BCUT2D eigenvalue weighted by Gasteiger charge is -2.10. The van der Waals surface area contributed by atoms with Gasteiger partial charge in [0, 0.05) is 13.0 Å². The summed E-state index contributed by atoms with van der Waals surface area (Å²) in [5, 5.41) is 2.91. The number of aromatic nitrogens is 2. The van der Waals surface area contributed by atoms with Crippen molar-refractivity contribution in [3.8, 4) is 0 Å². The van der Waals surface area contributed by atoms with Gasteiger partial charge >= 0.3 is 6.18 Å². The van der Waals surface area contributed by atoms with E-state index in [1.807, 2.05) is 0 Å². The zero-order valence-corrected chi connectivity index (χ0v) is 10.6. The van der Waals surface area contributed by atoms with Crippen molar-refractivity contribution in [1.29, 1.82) is 0 Å². The van der Waals surface area contributed by atoms with Crippen molar-refractivity contribution < 1.29 is 13.2 Å². The van der Waals surface area contributed by atoms with E-state index < -0.39 is 12.6 Å². The predicted molar refractivity (Wildman–Crippen MR) is 64.6 cm³/mol. The highest BCUT2D eigenvalue weighted by Gasteiger charge is 2.25. The fourth-order valence-electron chi connectivity index (χ4n) is 1.34. The minimum atomic E-state index is -4.10. The van der Waals surface area contributed by atoms with Crippen LogP contribution in [0.5, 0.6) is 0 Å². The van der Waals surface area contributed by atoms with Crippen LogP contribution in [0.2, 0.25) is 5.28 Å². The molecule has 1 aromatic rings. The number of unbranched alkanes of at least 4 members (excludes halogenated alkanes) is 1. The molecule has 0 fully saturated rings. The summed E-state index contributed by atoms with van der Waals surface area (Å²) in [4.78, 5) is 7.73. The number of aryl methyl sites for hydroxylation is 1. The third kappa shape index (κ3) is 4.95. The molecule has 0 aliphatic rings. The van der Waals surface area contributed by atoms with Gasteiger partial charge in [-0.05, 0) is 31.4 Å². The first-order chi connectivity index (χ1) is 8.29. The molecule has 0 atom stereocenters. The van der Waals surface area contributed by atoms with E-state index in [0.29, 0.717) is 30.2 Å². The summed E-state index contributed by atoms with van der Waals surface area (Å²) in [6.45, 7) is 2.03. The lowest BCUT2D eigenvalue weighted by Crippen LogP contribution is -2.11. The Labute approximate surface area is 108 Å². The number of nitrogens with one attached hydrogen (secondary N) is 1. The fourth-order valence-corrected chi connectivity index (χ4v) is 1.55. The van der Waals surface area contributed by atoms with E-state index in [4.69, 9.17) is 17.3 Å². The second-order valence-electron chi connectivity index (χ2n) is 3.84. The molecular weight excluding hydrogens is 269 g/mol. The van der Waals surface area contributed by atoms with Gasteiger partial charge in [0.15, 0.2) is 5.82 Å². The van der Waals surface area contributed by atoms with Crippen molar-refractivity contribution in [3.63, 3.8) is 0 Å². The van der Waals surface area contributed by atoms with Crippen LogP contribution in [-0.2, 0) is 0 Å². The number of halogens is 4. The molecule has 1 aromatic heterocycles. The minimum absolute atomic E-state index is 0.0551. The van der Waals surface area contributed by atoms with Crippen LogP contribution in [0.3, 0.4) is 0 Å². The van der Waals surface area contributed by atoms with Crippen molar-refractivity contribution in [2.24, 2.45) is 0 Å². The van der Waals surface area contributed by atoms with E-state index in [1.54, 1.807) is 6.92 Å². The molecule has 0 spiro atoms. The summed E-state index contributed by atoms with van der Waals surface area (Å²) < 4.78 is 35.7. The van der Waals surface area contributed by atoms with Crippen LogP contribution in [0.1, 0.15) is 25.0 Å². The van der Waals surface area contributed by atoms with E-state index >= 15 is 0 Å². The topological polar surface area (TPSA) is 63.8 Å². The maximum absolute atomic E-state index is 11.9. The van der Waals surface area contributed by atoms with Crippen molar-refractivity contribution >= 4 is 23.1 Å². The maximum atomic E-state index is 11.9. The van der Waals surface area contributed by atoms with Crippen LogP contribution < -0.4 is 11.1 Å². The average Bonchev–Trinajstić information content (AvgIpc) is 2.22. The first kappa shape index (κ1) is 14.8. The zero-order chi connectivity index (χ0) is 13.8. The number of alkyl halides is 3. The Kier molecular flexibility index (Phi) is 5.01. The van der Waals surface area contributed by atoms with Crippen LogP contribution in [0.15, 0.2) is 0 Å². The van der Waals surface area contributed by atoms with Gasteiger partial charge in [-0.3, -0.25) is 0 Å². The van der Waals surface area contributed by atoms with Gasteiger partial charge < -0.3 is 11.1 Å². The van der Waals surface area contributed by atoms with Crippen LogP contribution in [-0.4, -0.2) is 22.7 Å². The summed E-state index contributed by atoms with van der Waals surface area (Å²) in [7, 11) is 0. The summed E-state index contributed by atoms with van der Waals surface area (Å²) >= 11 is 5.66. The molecule has 0 saturated carbocycles. The summed E-state index contributed by atoms with van der Waals surface area (Å²) in [5.74, 6) is 0.361. The number of hydrogen-bond donors (Lipinski definition) is 2. The highest BCUT2D eigenvalue weighted by molar-refractivity contribution is 6.28. The SMILES string of the molecule is Cc1nc(Cl)nc(NCCCCC(F)(F)F)c1N. The summed E-state index contributed by atoms with van der Waals surface area (Å²) in [6, 6.07) is 0. The first-order valence-corrected chi connectivity index (χ1v) is 5.77. The predicted octanol–water partition coefficient (Wildman–Crippen LogP) is 3.17. The Morgan fingerprint density at radius 1 is 1.28 bits per heavy atom. The maximum Gasteiger partial charge on any atom is 0.389 e. The highest BCUT2D eigenvalue weighted by Crippen LogP contribution is 2.23. The van der Waals surface area contributed by atoms with E-state index in [-0.39, 0.29) is 11.7 Å². The molecule has 0 aliphatic heterocycles. The Bertz CT molecular complexity index is 409. The Hall–Kier alpha value is -1.24. The number of nitrogens with two attached hydrogens (primary N) is 1. The van der Waals surface area contributed by atoms with E-state index in [2.05, 4.69) is 15.3 Å². The van der Waals surface area contributed by atoms with Gasteiger partial charge in [-0.1, -0.05) is 0 Å². The van der Waals surface area contributed by atoms with E-state index in [9.17, 15) is 13.2 Å². The molecular formula is C10H14ClF3N4. The molecule has 0 radical (unpaired) electrons. The molecule has 1 rings (SSSR count). The molecule has 3 N–H and O–H groups in total. The second kappa shape index (κ2) is 6.08. The second-order valence-corrected chi connectivity index (χ2v) is 4.18. The third-order valence-electron chi connectivity index (χ3n) is 2.29. The fraction of sp³-hybridized carbons (Fsp3) is 0.600. The molecule has 0 bridgehead atoms. The van der Waals surface area contributed by atoms with Crippen molar-refractivity contribution in [1.82, 2.24) is 9.97 Å². The molecule has 0 amide bonds. The van der Waals surface area contributed by atoms with E-state index in [1.165, 1.54) is 0 Å². The number of hydrogen-bond acceptors (Lipinski definition) is 4.